The van der Waals surface area contributed by atoms with Gasteiger partial charge in [0.05, 0.1) is 46.2 Å². The second-order valence-electron chi connectivity index (χ2n) is 49.8. The summed E-state index contributed by atoms with van der Waals surface area (Å²) in [6, 6.07) is 0. The Kier molecular flexibility index (Phi) is 44.5. The van der Waals surface area contributed by atoms with E-state index in [9.17, 15) is 0 Å². The molecule has 21 fully saturated rings. The summed E-state index contributed by atoms with van der Waals surface area (Å²) >= 11 is 0. The largest absolute Gasteiger partial charge is 0.414 e. The molecule has 0 aromatic carbocycles. The summed E-state index contributed by atoms with van der Waals surface area (Å²) < 4.78 is 252. The lowest BCUT2D eigenvalue weighted by molar-refractivity contribution is -0.401. The Morgan fingerprint density at radius 3 is 0.300 bits per heavy atom. The van der Waals surface area contributed by atoms with E-state index in [0.29, 0.717) is 0 Å². The van der Waals surface area contributed by atoms with Crippen molar-refractivity contribution in [3.63, 3.8) is 0 Å². The van der Waals surface area contributed by atoms with Crippen molar-refractivity contribution in [2.45, 2.75) is 487 Å². The van der Waals surface area contributed by atoms with Crippen LogP contribution >= 0.6 is 0 Å². The maximum absolute atomic E-state index is 7.64. The molecule has 21 saturated heterocycles. The van der Waals surface area contributed by atoms with Gasteiger partial charge in [-0.1, -0.05) is 145 Å². The van der Waals surface area contributed by atoms with Crippen LogP contribution in [-0.2, 0) is 164 Å². The normalized spacial score (nSPS) is 37.6. The second kappa shape index (κ2) is 49.7. The number of hydrogen-bond acceptors (Lipinski definition) is 35. The van der Waals surface area contributed by atoms with Crippen molar-refractivity contribution < 1.29 is 164 Å². The molecule has 0 aromatic heterocycles. The quantitative estimate of drug-likeness (QED) is 0.0532. The first kappa shape index (κ1) is 125. The predicted octanol–water partition coefficient (Wildman–Crippen LogP) is 15.1. The summed E-state index contributed by atoms with van der Waals surface area (Å²) in [6.45, 7) is 76.3. The Bertz CT molecular complexity index is 3040. The fraction of sp³-hybridized carbons (Fsp3) is 1.00. The zero-order valence-corrected chi connectivity index (χ0v) is 102. The summed E-state index contributed by atoms with van der Waals surface area (Å²) in [7, 11) is 3.58. The van der Waals surface area contributed by atoms with Crippen LogP contribution in [0.15, 0.2) is 0 Å². The molecule has 21 heterocycles. The highest BCUT2D eigenvalue weighted by atomic mass is 28.4. The Labute approximate surface area is 850 Å². The highest BCUT2D eigenvalue weighted by molar-refractivity contribution is 6.76. The molecule has 826 valence electrons. The third-order valence-electron chi connectivity index (χ3n) is 33.9. The monoisotopic (exact) mass is 2130 g/mol. The van der Waals surface area contributed by atoms with Crippen LogP contribution in [0.25, 0.3) is 0 Å². The first-order valence-corrected chi connectivity index (χ1v) is 70.9. The van der Waals surface area contributed by atoms with Crippen molar-refractivity contribution >= 4 is 58.2 Å². The molecule has 14 bridgehead atoms. The lowest BCUT2D eigenvalue weighted by Crippen LogP contribution is -2.70. The van der Waals surface area contributed by atoms with E-state index in [0.717, 1.165) is 0 Å². The molecule has 21 aliphatic heterocycles. The maximum Gasteiger partial charge on any atom is 0.192 e. The maximum atomic E-state index is 7.64. The molecule has 140 heavy (non-hydrogen) atoms. The van der Waals surface area contributed by atoms with Gasteiger partial charge in [0.2, 0.25) is 0 Å². The molecular weight excluding hydrogens is 1930 g/mol. The number of rotatable bonds is 35. The molecule has 21 rings (SSSR count). The SMILES string of the molecule is CO[C@@H]1[C@@H](OC)[C@H]2O[C@H]3[C@H](OC)[C@@H](OC)[C@@H](O[C@H]4[C@H](OC)[C@@H](OC)[C@@H](O[C@H]5[C@H](OC)[C@@H](OC)[C@@H](O[C@H]6[C@H](OC)[C@@H](OC)[C@@H](O[C@H]7[C@H](OC)[C@@H](OC)[C@@H](O[C@H]8[C@@H](OC)[C@H](OC)[C@@H](O[C@@H]1[C@@H](CO[Si](C)(C)C(C)(C)C)O2)O[C@@H]8CO[Si](C)(C)C(C)(C)C)O[C@@H]7CO[Si](C)(C)C(C)(C)C)O[C@@H]6CO[Si](C)(C)C(C)(C)C)O[C@@H]5CO[Si](C)(C)C(C)(C)C)O[C@@H]4CO[Si](C)(C)C(C)(C)C)O[C@@H]3CO[Si](C)(C)C(C)(C)C. The molecule has 42 heteroatoms. The Hall–Kier alpha value is 0.118. The molecule has 0 spiro atoms. The summed E-state index contributed by atoms with van der Waals surface area (Å²) in [6.07, 6.45) is -38.3. The number of hydrogen-bond donors (Lipinski definition) is 0. The van der Waals surface area contributed by atoms with Gasteiger partial charge >= 0.3 is 0 Å². The van der Waals surface area contributed by atoms with Gasteiger partial charge in [-0.05, 0) is 127 Å². The molecule has 21 aliphatic rings. The van der Waals surface area contributed by atoms with Crippen LogP contribution in [0, 0.1) is 0 Å². The van der Waals surface area contributed by atoms with E-state index in [4.69, 9.17) is 164 Å². The van der Waals surface area contributed by atoms with Crippen LogP contribution in [0.5, 0.6) is 0 Å². The minimum absolute atomic E-state index is 0.0147. The van der Waals surface area contributed by atoms with Gasteiger partial charge in [-0.25, -0.2) is 0 Å². The Morgan fingerprint density at radius 2 is 0.229 bits per heavy atom. The highest BCUT2D eigenvalue weighted by Gasteiger charge is 2.65. The first-order valence-electron chi connectivity index (χ1n) is 50.5. The summed E-state index contributed by atoms with van der Waals surface area (Å²) in [4.78, 5) is 0. The molecule has 0 saturated carbocycles. The van der Waals surface area contributed by atoms with Crippen molar-refractivity contribution in [3.05, 3.63) is 0 Å². The van der Waals surface area contributed by atoms with E-state index < -0.39 is 273 Å². The summed E-state index contributed by atoms with van der Waals surface area (Å²) in [5, 5.41) is -1.87. The fourth-order valence-electron chi connectivity index (χ4n) is 17.3. The topological polar surface area (TPSA) is 323 Å². The molecule has 0 radical (unpaired) electrons. The molecule has 35 nitrogen and oxygen atoms in total. The van der Waals surface area contributed by atoms with Gasteiger partial charge in [0, 0.05) is 99.5 Å². The zero-order chi connectivity index (χ0) is 106. The third kappa shape index (κ3) is 28.6. The van der Waals surface area contributed by atoms with E-state index in [1.54, 1.807) is 99.5 Å². The Balaban J connectivity index is 1.44. The molecule has 0 aromatic rings. The first-order chi connectivity index (χ1) is 64.5. The molecule has 0 aliphatic carbocycles. The number of ether oxygens (including phenoxy) is 28. The van der Waals surface area contributed by atoms with E-state index >= 15 is 0 Å². The predicted molar refractivity (Wildman–Crippen MR) is 548 cm³/mol. The second-order valence-corrected chi connectivity index (χ2v) is 83.5. The van der Waals surface area contributed by atoms with Crippen LogP contribution < -0.4 is 0 Å². The van der Waals surface area contributed by atoms with Gasteiger partial charge in [0.15, 0.2) is 102 Å². The smallest absolute Gasteiger partial charge is 0.192 e. The van der Waals surface area contributed by atoms with Crippen LogP contribution in [0.3, 0.4) is 0 Å². The fourth-order valence-corrected chi connectivity index (χ4v) is 24.3. The minimum Gasteiger partial charge on any atom is -0.414 e. The summed E-state index contributed by atoms with van der Waals surface area (Å²) in [5.74, 6) is 0. The standard InChI is InChI=1S/C98H196O35Si7/c1-92(2,3)134(36,37)113-50-57-64-71(99-22)78(106-29)85(120-57)128-65-58(51-114-135(38,39)93(4,5)6)122-87(80(108-31)72(65)100-23)130-67-60(53-116-137(42,43)95(10,11)12)124-89(82(110-33)74(67)102-25)132-69-62(55-118-139(46,47)97(16,17)18)126-91(84(112-35)76(69)104-27)133-70-63(56-119-140(48,49)98(19,20)21)125-90(83(111-34)77(70)105-28)131-68-61(54-117-138(44,45)96(13,14)15)123-88(81(109-32)75(68)103-26)129-66-59(52-115-136(40,41)94(7,8)9)121-86(127-64)79(107-30)73(66)101-24/h57-91H,50-56H2,1-49H3/t57-,58-,59-,60-,61-,62-,63-,64-,65-,66-,67-,68-,69-,70-,71-,72+,73+,74+,75+,76+,77+,78+,79-,80-,81-,82-,83-,84-,85-,86-,87-,88-,89-,90-,91-/m1/s1. The van der Waals surface area contributed by atoms with Gasteiger partial charge in [-0.15, -0.1) is 0 Å². The van der Waals surface area contributed by atoms with E-state index in [2.05, 4.69) is 237 Å². The van der Waals surface area contributed by atoms with E-state index in [-0.39, 0.29) is 81.5 Å². The molecule has 0 N–H and O–H groups in total. The minimum atomic E-state index is -2.66. The average Bonchev–Trinajstić information content (AvgIpc) is 0.759. The van der Waals surface area contributed by atoms with Gasteiger partial charge < -0.3 is 164 Å². The van der Waals surface area contributed by atoms with E-state index in [1.807, 2.05) is 0 Å². The highest BCUT2D eigenvalue weighted by Crippen LogP contribution is 2.50. The van der Waals surface area contributed by atoms with Crippen LogP contribution in [0.4, 0.5) is 0 Å². The van der Waals surface area contributed by atoms with Crippen molar-refractivity contribution in [2.75, 3.05) is 146 Å². The van der Waals surface area contributed by atoms with Crippen LogP contribution in [0.1, 0.15) is 145 Å². The molecule has 0 unspecified atom stereocenters. The van der Waals surface area contributed by atoms with Gasteiger partial charge in [-0.3, -0.25) is 0 Å². The van der Waals surface area contributed by atoms with Crippen molar-refractivity contribution in [2.24, 2.45) is 0 Å². The van der Waals surface area contributed by atoms with Crippen LogP contribution in [0.2, 0.25) is 127 Å². The average molecular weight is 2130 g/mol. The van der Waals surface area contributed by atoms with Gasteiger partial charge in [0.1, 0.15) is 171 Å². The van der Waals surface area contributed by atoms with Crippen molar-refractivity contribution in [1.29, 1.82) is 0 Å². The lowest BCUT2D eigenvalue weighted by Gasteiger charge is -2.53. The lowest BCUT2D eigenvalue weighted by atomic mass is 9.94. The zero-order valence-electron chi connectivity index (χ0n) is 95.4. The third-order valence-corrected chi connectivity index (χ3v) is 65.4. The van der Waals surface area contributed by atoms with Crippen LogP contribution in [-0.4, -0.2) is 419 Å². The molecule has 0 amide bonds. The summed E-state index contributed by atoms with van der Waals surface area (Å²) in [5.41, 5.74) is 0. The van der Waals surface area contributed by atoms with Gasteiger partial charge in [-0.2, -0.15) is 0 Å². The van der Waals surface area contributed by atoms with Crippen molar-refractivity contribution in [1.82, 2.24) is 0 Å². The molecular formula is C98H196O35Si7. The molecule has 35 atom stereocenters. The Morgan fingerprint density at radius 1 is 0.143 bits per heavy atom. The van der Waals surface area contributed by atoms with Gasteiger partial charge in [0.25, 0.3) is 0 Å². The van der Waals surface area contributed by atoms with E-state index in [1.165, 1.54) is 0 Å². The number of methoxy groups -OCH3 is 14. The van der Waals surface area contributed by atoms with Crippen molar-refractivity contribution in [3.8, 4) is 0 Å².